The summed E-state index contributed by atoms with van der Waals surface area (Å²) in [7, 11) is 0. The van der Waals surface area contributed by atoms with Crippen LogP contribution in [0.25, 0.3) is 0 Å². The second-order valence-electron chi connectivity index (χ2n) is 7.48. The number of amides is 1. The van der Waals surface area contributed by atoms with Gasteiger partial charge in [-0.1, -0.05) is 53.9 Å². The molecule has 1 amide bonds. The van der Waals surface area contributed by atoms with Crippen LogP contribution in [-0.2, 0) is 4.79 Å². The molecule has 4 atom stereocenters. The molecule has 1 aliphatic heterocycles. The average Bonchev–Trinajstić information content (AvgIpc) is 2.89. The molecule has 0 aromatic rings. The van der Waals surface area contributed by atoms with Crippen molar-refractivity contribution >= 4 is 5.91 Å². The Morgan fingerprint density at radius 3 is 2.60 bits per heavy atom. The predicted molar refractivity (Wildman–Crippen MR) is 83.3 cm³/mol. The summed E-state index contributed by atoms with van der Waals surface area (Å²) < 4.78 is 0. The molecule has 4 unspecified atom stereocenters. The van der Waals surface area contributed by atoms with E-state index in [2.05, 4.69) is 44.8 Å². The van der Waals surface area contributed by atoms with Crippen molar-refractivity contribution in [3.8, 4) is 0 Å². The van der Waals surface area contributed by atoms with Crippen LogP contribution in [-0.4, -0.2) is 29.1 Å². The standard InChI is InChI=1S/C17H32N2O/c1-6-9-14-18-15(12(3)7-2)16(20)19(14)13-10-8-11-17(13,4)5/h12-15,18H,6-11H2,1-5H3. The lowest BCUT2D eigenvalue weighted by Gasteiger charge is -2.38. The molecule has 2 aliphatic rings. The predicted octanol–water partition coefficient (Wildman–Crippen LogP) is 3.54. The molecule has 1 N–H and O–H groups in total. The molecule has 20 heavy (non-hydrogen) atoms. The van der Waals surface area contributed by atoms with Gasteiger partial charge in [0.25, 0.3) is 0 Å². The normalized spacial score (nSPS) is 34.8. The van der Waals surface area contributed by atoms with Crippen molar-refractivity contribution < 1.29 is 4.79 Å². The second kappa shape index (κ2) is 6.05. The number of nitrogens with zero attached hydrogens (tertiary/aromatic N) is 1. The number of nitrogens with one attached hydrogen (secondary N) is 1. The van der Waals surface area contributed by atoms with Crippen molar-refractivity contribution in [2.75, 3.05) is 0 Å². The van der Waals surface area contributed by atoms with Crippen LogP contribution < -0.4 is 5.32 Å². The Labute approximate surface area is 124 Å². The van der Waals surface area contributed by atoms with E-state index in [0.717, 1.165) is 19.3 Å². The minimum atomic E-state index is 0.0351. The topological polar surface area (TPSA) is 32.3 Å². The van der Waals surface area contributed by atoms with Gasteiger partial charge >= 0.3 is 0 Å². The quantitative estimate of drug-likeness (QED) is 0.835. The Hall–Kier alpha value is -0.570. The van der Waals surface area contributed by atoms with Crippen molar-refractivity contribution in [2.24, 2.45) is 11.3 Å². The van der Waals surface area contributed by atoms with Crippen LogP contribution in [0, 0.1) is 11.3 Å². The fourth-order valence-corrected chi connectivity index (χ4v) is 4.01. The summed E-state index contributed by atoms with van der Waals surface area (Å²) in [5.74, 6) is 0.786. The average molecular weight is 280 g/mol. The Balaban J connectivity index is 2.21. The summed E-state index contributed by atoms with van der Waals surface area (Å²) in [6.07, 6.45) is 7.20. The van der Waals surface area contributed by atoms with Gasteiger partial charge in [0, 0.05) is 6.04 Å². The minimum absolute atomic E-state index is 0.0351. The highest BCUT2D eigenvalue weighted by atomic mass is 16.2. The summed E-state index contributed by atoms with van der Waals surface area (Å²) in [5.41, 5.74) is 0.272. The molecule has 0 aromatic heterocycles. The monoisotopic (exact) mass is 280 g/mol. The van der Waals surface area contributed by atoms with Crippen molar-refractivity contribution in [3.05, 3.63) is 0 Å². The summed E-state index contributed by atoms with van der Waals surface area (Å²) in [4.78, 5) is 15.2. The number of carbonyl (C=O) groups excluding carboxylic acids is 1. The number of hydrogen-bond acceptors (Lipinski definition) is 2. The van der Waals surface area contributed by atoms with Crippen LogP contribution in [0.5, 0.6) is 0 Å². The third-order valence-corrected chi connectivity index (χ3v) is 5.54. The summed E-state index contributed by atoms with van der Waals surface area (Å²) >= 11 is 0. The van der Waals surface area contributed by atoms with Crippen LogP contribution in [0.3, 0.4) is 0 Å². The molecule has 1 saturated carbocycles. The molecule has 3 heteroatoms. The SMILES string of the molecule is CCCC1NC(C(C)CC)C(=O)N1C1CCCC1(C)C. The Bertz CT molecular complexity index is 353. The van der Waals surface area contributed by atoms with E-state index in [-0.39, 0.29) is 17.6 Å². The van der Waals surface area contributed by atoms with Gasteiger partial charge in [-0.25, -0.2) is 0 Å². The maximum absolute atomic E-state index is 12.9. The van der Waals surface area contributed by atoms with Crippen molar-refractivity contribution in [1.82, 2.24) is 10.2 Å². The Morgan fingerprint density at radius 2 is 2.10 bits per heavy atom. The highest BCUT2D eigenvalue weighted by Gasteiger charge is 2.49. The first kappa shape index (κ1) is 15.8. The first-order chi connectivity index (χ1) is 9.42. The fraction of sp³-hybridized carbons (Fsp3) is 0.941. The first-order valence-electron chi connectivity index (χ1n) is 8.50. The molecule has 1 saturated heterocycles. The molecule has 0 radical (unpaired) electrons. The van der Waals surface area contributed by atoms with Crippen molar-refractivity contribution in [1.29, 1.82) is 0 Å². The summed E-state index contributed by atoms with van der Waals surface area (Å²) in [6.45, 7) is 11.2. The van der Waals surface area contributed by atoms with E-state index >= 15 is 0 Å². The Kier molecular flexibility index (Phi) is 4.78. The zero-order chi connectivity index (χ0) is 14.9. The first-order valence-corrected chi connectivity index (χ1v) is 8.50. The number of hydrogen-bond donors (Lipinski definition) is 1. The Morgan fingerprint density at radius 1 is 1.40 bits per heavy atom. The van der Waals surface area contributed by atoms with Crippen LogP contribution in [0.4, 0.5) is 0 Å². The maximum Gasteiger partial charge on any atom is 0.241 e. The van der Waals surface area contributed by atoms with Crippen LogP contribution in [0.15, 0.2) is 0 Å². The smallest absolute Gasteiger partial charge is 0.241 e. The van der Waals surface area contributed by atoms with Crippen LogP contribution >= 0.6 is 0 Å². The third kappa shape index (κ3) is 2.74. The molecular weight excluding hydrogens is 248 g/mol. The van der Waals surface area contributed by atoms with Crippen LogP contribution in [0.1, 0.15) is 73.1 Å². The molecule has 0 bridgehead atoms. The van der Waals surface area contributed by atoms with Gasteiger partial charge in [0.1, 0.15) is 0 Å². The zero-order valence-corrected chi connectivity index (χ0v) is 13.9. The van der Waals surface area contributed by atoms with Crippen molar-refractivity contribution in [3.63, 3.8) is 0 Å². The summed E-state index contributed by atoms with van der Waals surface area (Å²) in [6, 6.07) is 0.459. The molecule has 2 rings (SSSR count). The lowest BCUT2D eigenvalue weighted by molar-refractivity contribution is -0.135. The van der Waals surface area contributed by atoms with Gasteiger partial charge < -0.3 is 4.90 Å². The van der Waals surface area contributed by atoms with Gasteiger partial charge in [-0.15, -0.1) is 0 Å². The molecule has 0 spiro atoms. The minimum Gasteiger partial charge on any atom is -0.322 e. The second-order valence-corrected chi connectivity index (χ2v) is 7.48. The van der Waals surface area contributed by atoms with E-state index in [9.17, 15) is 4.79 Å². The van der Waals surface area contributed by atoms with E-state index in [1.165, 1.54) is 19.3 Å². The van der Waals surface area contributed by atoms with Gasteiger partial charge in [0.05, 0.1) is 12.2 Å². The lowest BCUT2D eigenvalue weighted by atomic mass is 9.86. The highest BCUT2D eigenvalue weighted by molar-refractivity contribution is 5.85. The molecule has 1 heterocycles. The molecule has 1 aliphatic carbocycles. The molecule has 116 valence electrons. The van der Waals surface area contributed by atoms with Crippen LogP contribution in [0.2, 0.25) is 0 Å². The van der Waals surface area contributed by atoms with E-state index < -0.39 is 0 Å². The molecular formula is C17H32N2O. The third-order valence-electron chi connectivity index (χ3n) is 5.54. The van der Waals surface area contributed by atoms with Gasteiger partial charge in [-0.3, -0.25) is 10.1 Å². The number of rotatable bonds is 5. The zero-order valence-electron chi connectivity index (χ0n) is 13.9. The molecule has 0 aromatic carbocycles. The van der Waals surface area contributed by atoms with E-state index in [1.54, 1.807) is 0 Å². The highest BCUT2D eigenvalue weighted by Crippen LogP contribution is 2.43. The molecule has 3 nitrogen and oxygen atoms in total. The van der Waals surface area contributed by atoms with Crippen molar-refractivity contribution in [2.45, 2.75) is 91.4 Å². The van der Waals surface area contributed by atoms with E-state index in [4.69, 9.17) is 0 Å². The number of carbonyl (C=O) groups is 1. The summed E-state index contributed by atoms with van der Waals surface area (Å²) in [5, 5.41) is 3.63. The lowest BCUT2D eigenvalue weighted by Crippen LogP contribution is -2.49. The van der Waals surface area contributed by atoms with Gasteiger partial charge in [0.2, 0.25) is 5.91 Å². The van der Waals surface area contributed by atoms with Gasteiger partial charge in [-0.2, -0.15) is 0 Å². The molecule has 2 fully saturated rings. The van der Waals surface area contributed by atoms with E-state index in [0.29, 0.717) is 17.9 Å². The van der Waals surface area contributed by atoms with Gasteiger partial charge in [0.15, 0.2) is 0 Å². The fourth-order valence-electron chi connectivity index (χ4n) is 4.01. The van der Waals surface area contributed by atoms with E-state index in [1.807, 2.05) is 0 Å². The maximum atomic E-state index is 12.9. The largest absolute Gasteiger partial charge is 0.322 e. The van der Waals surface area contributed by atoms with Gasteiger partial charge in [-0.05, 0) is 30.6 Å².